The quantitative estimate of drug-likeness (QED) is 0.274. The number of nitrogens with one attached hydrogen (secondary N) is 2. The standard InChI is InChI=1S/C19H25N3O3S.HI/c1-2-20-19(22-16-10-13-26(23,24)14-16)21-11-12-25-18-9-5-7-15-6-3-4-8-17(15)18;/h3-9,16H,2,10-14H2,1H3,(H2,20,21,22);1H. The lowest BCUT2D eigenvalue weighted by molar-refractivity contribution is 0.332. The lowest BCUT2D eigenvalue weighted by Gasteiger charge is -2.16. The van der Waals surface area contributed by atoms with Gasteiger partial charge in [-0.2, -0.15) is 0 Å². The summed E-state index contributed by atoms with van der Waals surface area (Å²) >= 11 is 0. The van der Waals surface area contributed by atoms with Crippen LogP contribution >= 0.6 is 24.0 Å². The lowest BCUT2D eigenvalue weighted by atomic mass is 10.1. The fourth-order valence-corrected chi connectivity index (χ4v) is 4.73. The van der Waals surface area contributed by atoms with E-state index in [1.807, 2.05) is 37.3 Å². The lowest BCUT2D eigenvalue weighted by Crippen LogP contribution is -2.44. The molecule has 2 aromatic rings. The Balaban J connectivity index is 0.00000261. The SMILES string of the molecule is CCNC(=NCCOc1cccc2ccccc12)NC1CCS(=O)(=O)C1.I. The highest BCUT2D eigenvalue weighted by molar-refractivity contribution is 14.0. The van der Waals surface area contributed by atoms with E-state index in [4.69, 9.17) is 4.74 Å². The van der Waals surface area contributed by atoms with E-state index < -0.39 is 9.84 Å². The summed E-state index contributed by atoms with van der Waals surface area (Å²) in [6, 6.07) is 14.0. The van der Waals surface area contributed by atoms with Crippen molar-refractivity contribution in [3.8, 4) is 5.75 Å². The van der Waals surface area contributed by atoms with Crippen LogP contribution in [0.5, 0.6) is 5.75 Å². The van der Waals surface area contributed by atoms with Crippen molar-refractivity contribution < 1.29 is 13.2 Å². The third kappa shape index (κ3) is 6.24. The van der Waals surface area contributed by atoms with E-state index in [9.17, 15) is 8.42 Å². The van der Waals surface area contributed by atoms with Crippen LogP contribution in [0.3, 0.4) is 0 Å². The van der Waals surface area contributed by atoms with Crippen molar-refractivity contribution in [2.45, 2.75) is 19.4 Å². The Morgan fingerprint density at radius 1 is 1.22 bits per heavy atom. The molecule has 1 aliphatic rings. The molecule has 1 heterocycles. The fourth-order valence-electron chi connectivity index (χ4n) is 3.06. The van der Waals surface area contributed by atoms with Crippen molar-refractivity contribution >= 4 is 50.5 Å². The first-order chi connectivity index (χ1) is 12.6. The minimum atomic E-state index is -2.91. The number of nitrogens with zero attached hydrogens (tertiary/aromatic N) is 1. The zero-order valence-electron chi connectivity index (χ0n) is 15.3. The van der Waals surface area contributed by atoms with Gasteiger partial charge >= 0.3 is 0 Å². The molecule has 148 valence electrons. The molecule has 2 aromatic carbocycles. The van der Waals surface area contributed by atoms with Crippen LogP contribution in [0, 0.1) is 0 Å². The van der Waals surface area contributed by atoms with E-state index >= 15 is 0 Å². The van der Waals surface area contributed by atoms with Gasteiger partial charge in [0.2, 0.25) is 0 Å². The molecule has 0 spiro atoms. The molecule has 6 nitrogen and oxygen atoms in total. The molecule has 0 bridgehead atoms. The summed E-state index contributed by atoms with van der Waals surface area (Å²) in [4.78, 5) is 4.49. The highest BCUT2D eigenvalue weighted by atomic mass is 127. The third-order valence-electron chi connectivity index (χ3n) is 4.29. The summed E-state index contributed by atoms with van der Waals surface area (Å²) in [5, 5.41) is 8.59. The number of benzene rings is 2. The van der Waals surface area contributed by atoms with Crippen LogP contribution in [0.25, 0.3) is 10.8 Å². The molecule has 0 amide bonds. The third-order valence-corrected chi connectivity index (χ3v) is 6.05. The Morgan fingerprint density at radius 3 is 2.74 bits per heavy atom. The van der Waals surface area contributed by atoms with Crippen molar-refractivity contribution in [2.75, 3.05) is 31.2 Å². The zero-order chi connectivity index (χ0) is 18.4. The number of hydrogen-bond donors (Lipinski definition) is 2. The fraction of sp³-hybridized carbons (Fsp3) is 0.421. The van der Waals surface area contributed by atoms with Gasteiger partial charge in [0.1, 0.15) is 12.4 Å². The molecule has 1 aliphatic heterocycles. The highest BCUT2D eigenvalue weighted by Gasteiger charge is 2.28. The Labute approximate surface area is 177 Å². The number of rotatable bonds is 6. The van der Waals surface area contributed by atoms with Crippen molar-refractivity contribution in [3.05, 3.63) is 42.5 Å². The topological polar surface area (TPSA) is 79.8 Å². The Hall–Kier alpha value is -1.55. The number of sulfone groups is 1. The first kappa shape index (κ1) is 21.7. The van der Waals surface area contributed by atoms with Gasteiger partial charge in [-0.25, -0.2) is 13.4 Å². The highest BCUT2D eigenvalue weighted by Crippen LogP contribution is 2.24. The van der Waals surface area contributed by atoms with E-state index in [-0.39, 0.29) is 41.5 Å². The molecule has 1 unspecified atom stereocenters. The van der Waals surface area contributed by atoms with Crippen LogP contribution in [0.4, 0.5) is 0 Å². The maximum Gasteiger partial charge on any atom is 0.191 e. The van der Waals surface area contributed by atoms with Crippen LogP contribution in [0.2, 0.25) is 0 Å². The molecule has 0 aliphatic carbocycles. The van der Waals surface area contributed by atoms with Crippen LogP contribution in [0.1, 0.15) is 13.3 Å². The maximum atomic E-state index is 11.6. The normalized spacial score (nSPS) is 18.7. The van der Waals surface area contributed by atoms with Crippen LogP contribution < -0.4 is 15.4 Å². The van der Waals surface area contributed by atoms with Gasteiger partial charge in [0.15, 0.2) is 15.8 Å². The van der Waals surface area contributed by atoms with Gasteiger partial charge in [-0.1, -0.05) is 36.4 Å². The van der Waals surface area contributed by atoms with Crippen molar-refractivity contribution in [2.24, 2.45) is 4.99 Å². The molecule has 2 N–H and O–H groups in total. The minimum Gasteiger partial charge on any atom is -0.491 e. The second-order valence-electron chi connectivity index (χ2n) is 6.33. The van der Waals surface area contributed by atoms with Gasteiger partial charge in [-0.05, 0) is 24.8 Å². The summed E-state index contributed by atoms with van der Waals surface area (Å²) in [6.45, 7) is 3.64. The van der Waals surface area contributed by atoms with Crippen LogP contribution in [-0.4, -0.2) is 51.6 Å². The molecule has 3 rings (SSSR count). The van der Waals surface area contributed by atoms with Gasteiger partial charge in [-0.3, -0.25) is 0 Å². The second-order valence-corrected chi connectivity index (χ2v) is 8.56. The molecule has 27 heavy (non-hydrogen) atoms. The van der Waals surface area contributed by atoms with Gasteiger partial charge in [0, 0.05) is 18.0 Å². The average molecular weight is 503 g/mol. The van der Waals surface area contributed by atoms with Crippen molar-refractivity contribution in [3.63, 3.8) is 0 Å². The summed E-state index contributed by atoms with van der Waals surface area (Å²) in [7, 11) is -2.91. The van der Waals surface area contributed by atoms with Crippen LogP contribution in [-0.2, 0) is 9.84 Å². The maximum absolute atomic E-state index is 11.6. The predicted molar refractivity (Wildman–Crippen MR) is 121 cm³/mol. The van der Waals surface area contributed by atoms with Crippen molar-refractivity contribution in [1.29, 1.82) is 0 Å². The predicted octanol–water partition coefficient (Wildman–Crippen LogP) is 2.58. The Bertz CT molecular complexity index is 881. The van der Waals surface area contributed by atoms with Crippen LogP contribution in [0.15, 0.2) is 47.5 Å². The smallest absolute Gasteiger partial charge is 0.191 e. The van der Waals surface area contributed by atoms with E-state index in [0.29, 0.717) is 25.5 Å². The van der Waals surface area contributed by atoms with Gasteiger partial charge in [-0.15, -0.1) is 24.0 Å². The van der Waals surface area contributed by atoms with E-state index in [1.54, 1.807) is 0 Å². The Morgan fingerprint density at radius 2 is 2.00 bits per heavy atom. The van der Waals surface area contributed by atoms with E-state index in [1.165, 1.54) is 0 Å². The summed E-state index contributed by atoms with van der Waals surface area (Å²) < 4.78 is 29.1. The second kappa shape index (κ2) is 10.1. The average Bonchev–Trinajstić information content (AvgIpc) is 2.97. The molecule has 8 heteroatoms. The molecule has 1 saturated heterocycles. The number of hydrogen-bond acceptors (Lipinski definition) is 4. The zero-order valence-corrected chi connectivity index (χ0v) is 18.5. The number of halogens is 1. The van der Waals surface area contributed by atoms with E-state index in [2.05, 4.69) is 27.8 Å². The van der Waals surface area contributed by atoms with Crippen molar-refractivity contribution in [1.82, 2.24) is 10.6 Å². The summed E-state index contributed by atoms with van der Waals surface area (Å²) in [5.41, 5.74) is 0. The number of aliphatic imine (C=N–C) groups is 1. The van der Waals surface area contributed by atoms with Gasteiger partial charge in [0.05, 0.1) is 18.1 Å². The number of guanidine groups is 1. The monoisotopic (exact) mass is 503 g/mol. The summed E-state index contributed by atoms with van der Waals surface area (Å²) in [6.07, 6.45) is 0.624. The first-order valence-corrected chi connectivity index (χ1v) is 10.8. The first-order valence-electron chi connectivity index (χ1n) is 8.93. The largest absolute Gasteiger partial charge is 0.491 e. The molecule has 1 atom stereocenters. The molecule has 0 aromatic heterocycles. The Kier molecular flexibility index (Phi) is 8.15. The summed E-state index contributed by atoms with van der Waals surface area (Å²) in [5.74, 6) is 1.90. The van der Waals surface area contributed by atoms with Gasteiger partial charge in [0.25, 0.3) is 0 Å². The minimum absolute atomic E-state index is 0. The molecule has 1 fully saturated rings. The molecular formula is C19H26IN3O3S. The molecular weight excluding hydrogens is 477 g/mol. The number of ether oxygens (including phenoxy) is 1. The molecule has 0 radical (unpaired) electrons. The van der Waals surface area contributed by atoms with Gasteiger partial charge < -0.3 is 15.4 Å². The molecule has 0 saturated carbocycles. The van der Waals surface area contributed by atoms with E-state index in [0.717, 1.165) is 23.1 Å². The number of fused-ring (bicyclic) bond motifs is 1.